The van der Waals surface area contributed by atoms with Crippen molar-refractivity contribution in [1.82, 2.24) is 0 Å². The van der Waals surface area contributed by atoms with Gasteiger partial charge < -0.3 is 0 Å². The smallest absolute Gasteiger partial charge is 0.00921 e. The van der Waals surface area contributed by atoms with Crippen LogP contribution in [0.1, 0.15) is 66.8 Å². The molecule has 11 rings (SSSR count). The second-order valence-electron chi connectivity index (χ2n) is 16.1. The Morgan fingerprint density at radius 1 is 0.226 bits per heavy atom. The number of rotatable bonds is 8. The van der Waals surface area contributed by atoms with E-state index in [9.17, 15) is 0 Å². The van der Waals surface area contributed by atoms with Gasteiger partial charge in [0.15, 0.2) is 0 Å². The summed E-state index contributed by atoms with van der Waals surface area (Å²) in [4.78, 5) is 0. The zero-order valence-corrected chi connectivity index (χ0v) is 34.2. The third kappa shape index (κ3) is 7.08. The van der Waals surface area contributed by atoms with Gasteiger partial charge in [-0.25, -0.2) is 0 Å². The van der Waals surface area contributed by atoms with Crippen molar-refractivity contribution in [3.63, 3.8) is 0 Å². The van der Waals surface area contributed by atoms with Crippen molar-refractivity contribution in [1.29, 1.82) is 0 Å². The number of fused-ring (bicyclic) bond motifs is 6. The third-order valence-electron chi connectivity index (χ3n) is 12.2. The van der Waals surface area contributed by atoms with Gasteiger partial charge in [0.1, 0.15) is 0 Å². The summed E-state index contributed by atoms with van der Waals surface area (Å²) in [5, 5.41) is 0. The van der Waals surface area contributed by atoms with Crippen molar-refractivity contribution in [3.8, 4) is 22.3 Å². The minimum absolute atomic E-state index is 1.17. The first kappa shape index (κ1) is 37.0. The van der Waals surface area contributed by atoms with E-state index in [-0.39, 0.29) is 0 Å². The number of hydrogen-bond acceptors (Lipinski definition) is 0. The van der Waals surface area contributed by atoms with Gasteiger partial charge in [-0.3, -0.25) is 0 Å². The molecule has 0 heterocycles. The van der Waals surface area contributed by atoms with E-state index in [2.05, 4.69) is 255 Å². The van der Waals surface area contributed by atoms with E-state index in [0.29, 0.717) is 0 Å². The minimum Gasteiger partial charge on any atom is -0.0622 e. The van der Waals surface area contributed by atoms with Gasteiger partial charge >= 0.3 is 0 Å². The summed E-state index contributed by atoms with van der Waals surface area (Å²) in [6, 6.07) is 83.4. The highest BCUT2D eigenvalue weighted by Crippen LogP contribution is 2.53. The van der Waals surface area contributed by atoms with Gasteiger partial charge in [0, 0.05) is 0 Å². The van der Waals surface area contributed by atoms with E-state index in [1.54, 1.807) is 0 Å². The van der Waals surface area contributed by atoms with Crippen molar-refractivity contribution in [2.45, 2.75) is 0 Å². The molecule has 0 radical (unpaired) electrons. The summed E-state index contributed by atoms with van der Waals surface area (Å²) in [6.45, 7) is 0. The molecule has 9 aromatic rings. The molecule has 0 aliphatic heterocycles. The third-order valence-corrected chi connectivity index (χ3v) is 12.2. The lowest BCUT2D eigenvalue weighted by atomic mass is 9.93. The standard InChI is InChI=1S/C62H42/c1-7-19-43(20-8-1)35-57-55-39-45(37-53(47-23-11-3-12-24-47)48-25-13-4-14-26-48)31-33-51(55)59-42-62-58(36-44-21-9-2-10-22-44)56-40-46(32-34-52(56)60(62)41-61(57)59)38-54(49-27-15-5-16-28-49)50-29-17-6-18-30-50/h1-42H. The quantitative estimate of drug-likeness (QED) is 0.135. The Morgan fingerprint density at radius 3 is 0.839 bits per heavy atom. The van der Waals surface area contributed by atoms with E-state index in [1.165, 1.54) is 111 Å². The molecule has 290 valence electrons. The molecule has 0 atom stereocenters. The average molecular weight is 787 g/mol. The van der Waals surface area contributed by atoms with Crippen LogP contribution in [0.5, 0.6) is 0 Å². The SMILES string of the molecule is C(=C(c1ccccc1)c1ccccc1)c1ccc2c(c1)C(=Cc1ccccc1)c1cc3c(cc1-2)C(=Cc1ccccc1)c1cc(C=C(c2ccccc2)c2ccccc2)ccc1-3. The molecule has 0 nitrogen and oxygen atoms in total. The summed E-state index contributed by atoms with van der Waals surface area (Å²) in [5.74, 6) is 0. The first-order chi connectivity index (χ1) is 30.7. The first-order valence-electron chi connectivity index (χ1n) is 21.4. The van der Waals surface area contributed by atoms with Gasteiger partial charge in [0.2, 0.25) is 0 Å². The van der Waals surface area contributed by atoms with Crippen LogP contribution in [-0.4, -0.2) is 0 Å². The Balaban J connectivity index is 1.08. The van der Waals surface area contributed by atoms with Crippen molar-refractivity contribution in [2.75, 3.05) is 0 Å². The Hall–Kier alpha value is -8.06. The van der Waals surface area contributed by atoms with Crippen molar-refractivity contribution in [2.24, 2.45) is 0 Å². The molecule has 0 aromatic heterocycles. The molecular weight excluding hydrogens is 745 g/mol. The molecule has 2 aliphatic rings. The maximum Gasteiger partial charge on any atom is -0.00921 e. The fourth-order valence-corrected chi connectivity index (χ4v) is 9.21. The van der Waals surface area contributed by atoms with Gasteiger partial charge in [-0.15, -0.1) is 0 Å². The molecule has 0 heteroatoms. The lowest BCUT2D eigenvalue weighted by Crippen LogP contribution is -1.89. The average Bonchev–Trinajstić information content (AvgIpc) is 3.80. The Morgan fingerprint density at radius 2 is 0.516 bits per heavy atom. The van der Waals surface area contributed by atoms with Crippen LogP contribution >= 0.6 is 0 Å². The lowest BCUT2D eigenvalue weighted by molar-refractivity contribution is 1.55. The number of hydrogen-bond donors (Lipinski definition) is 0. The zero-order valence-electron chi connectivity index (χ0n) is 34.2. The van der Waals surface area contributed by atoms with E-state index in [4.69, 9.17) is 0 Å². The van der Waals surface area contributed by atoms with Crippen LogP contribution in [0.2, 0.25) is 0 Å². The highest BCUT2D eigenvalue weighted by Gasteiger charge is 2.31. The lowest BCUT2D eigenvalue weighted by Gasteiger charge is -2.11. The maximum absolute atomic E-state index is 2.47. The van der Waals surface area contributed by atoms with Gasteiger partial charge in [-0.05, 0) is 160 Å². The zero-order chi connectivity index (χ0) is 41.2. The van der Waals surface area contributed by atoms with Crippen LogP contribution in [-0.2, 0) is 0 Å². The van der Waals surface area contributed by atoms with Crippen LogP contribution in [0.25, 0.3) is 68.9 Å². The number of benzene rings is 9. The van der Waals surface area contributed by atoms with Gasteiger partial charge in [0.05, 0.1) is 0 Å². The van der Waals surface area contributed by atoms with Crippen LogP contribution in [0.15, 0.2) is 231 Å². The van der Waals surface area contributed by atoms with E-state index < -0.39 is 0 Å². The fraction of sp³-hybridized carbons (Fsp3) is 0. The Kier molecular flexibility index (Phi) is 9.65. The highest BCUT2D eigenvalue weighted by molar-refractivity contribution is 6.14. The molecule has 0 saturated heterocycles. The van der Waals surface area contributed by atoms with Crippen molar-refractivity contribution >= 4 is 46.6 Å². The summed E-state index contributed by atoms with van der Waals surface area (Å²) in [7, 11) is 0. The van der Waals surface area contributed by atoms with E-state index in [1.807, 2.05) is 0 Å². The summed E-state index contributed by atoms with van der Waals surface area (Å²) >= 11 is 0. The molecule has 0 bridgehead atoms. The minimum atomic E-state index is 1.17. The highest BCUT2D eigenvalue weighted by atomic mass is 14.3. The van der Waals surface area contributed by atoms with Gasteiger partial charge in [0.25, 0.3) is 0 Å². The van der Waals surface area contributed by atoms with Crippen LogP contribution in [0, 0.1) is 0 Å². The van der Waals surface area contributed by atoms with Crippen LogP contribution < -0.4 is 0 Å². The second kappa shape index (κ2) is 16.2. The Bertz CT molecular complexity index is 2900. The van der Waals surface area contributed by atoms with E-state index >= 15 is 0 Å². The predicted octanol–water partition coefficient (Wildman–Crippen LogP) is 16.0. The predicted molar refractivity (Wildman–Crippen MR) is 264 cm³/mol. The molecule has 0 spiro atoms. The molecule has 0 saturated carbocycles. The first-order valence-corrected chi connectivity index (χ1v) is 21.4. The summed E-state index contributed by atoms with van der Waals surface area (Å²) in [6.07, 6.45) is 9.44. The van der Waals surface area contributed by atoms with Crippen LogP contribution in [0.4, 0.5) is 0 Å². The molecule has 0 N–H and O–H groups in total. The van der Waals surface area contributed by atoms with Gasteiger partial charge in [-0.2, -0.15) is 0 Å². The van der Waals surface area contributed by atoms with Gasteiger partial charge in [-0.1, -0.05) is 206 Å². The topological polar surface area (TPSA) is 0 Å². The molecule has 2 aliphatic carbocycles. The van der Waals surface area contributed by atoms with Crippen LogP contribution in [0.3, 0.4) is 0 Å². The molecule has 9 aromatic carbocycles. The van der Waals surface area contributed by atoms with Crippen molar-refractivity contribution < 1.29 is 0 Å². The largest absolute Gasteiger partial charge is 0.0622 e. The summed E-state index contributed by atoms with van der Waals surface area (Å²) < 4.78 is 0. The molecule has 0 unspecified atom stereocenters. The second-order valence-corrected chi connectivity index (χ2v) is 16.1. The Labute approximate surface area is 364 Å². The molecule has 0 fully saturated rings. The van der Waals surface area contributed by atoms with E-state index in [0.717, 1.165) is 0 Å². The molecular formula is C62H42. The monoisotopic (exact) mass is 786 g/mol. The summed E-state index contributed by atoms with van der Waals surface area (Å²) in [5.41, 5.74) is 24.5. The fourth-order valence-electron chi connectivity index (χ4n) is 9.21. The molecule has 62 heavy (non-hydrogen) atoms. The maximum atomic E-state index is 2.47. The molecule has 0 amide bonds. The normalized spacial score (nSPS) is 13.2. The van der Waals surface area contributed by atoms with Crippen molar-refractivity contribution in [3.05, 3.63) is 297 Å².